The third-order valence-corrected chi connectivity index (χ3v) is 5.12. The molecule has 120 valence electrons. The molecule has 0 aliphatic carbocycles. The topological polar surface area (TPSA) is 61.4 Å². The van der Waals surface area contributed by atoms with Crippen molar-refractivity contribution in [2.24, 2.45) is 0 Å². The lowest BCUT2D eigenvalue weighted by atomic mass is 10.3. The van der Waals surface area contributed by atoms with Crippen LogP contribution in [0.3, 0.4) is 0 Å². The predicted molar refractivity (Wildman–Crippen MR) is 92.1 cm³/mol. The van der Waals surface area contributed by atoms with Crippen molar-refractivity contribution in [3.05, 3.63) is 27.7 Å². The summed E-state index contributed by atoms with van der Waals surface area (Å²) in [5.41, 5.74) is 0.371. The summed E-state index contributed by atoms with van der Waals surface area (Å²) < 4.78 is 28.9. The zero-order valence-corrected chi connectivity index (χ0v) is 15.4. The molecule has 0 bridgehead atoms. The smallest absolute Gasteiger partial charge is 0.301 e. The van der Waals surface area contributed by atoms with Gasteiger partial charge in [-0.2, -0.15) is 12.7 Å². The van der Waals surface area contributed by atoms with Gasteiger partial charge in [0.2, 0.25) is 0 Å². The molecule has 0 heterocycles. The van der Waals surface area contributed by atoms with Crippen molar-refractivity contribution < 1.29 is 8.42 Å². The summed E-state index contributed by atoms with van der Waals surface area (Å²) in [5, 5.41) is 3.59. The second kappa shape index (κ2) is 8.95. The van der Waals surface area contributed by atoms with E-state index in [9.17, 15) is 8.42 Å². The molecule has 1 aromatic rings. The Labute approximate surface area is 140 Å². The van der Waals surface area contributed by atoms with Crippen LogP contribution in [-0.4, -0.2) is 39.4 Å². The summed E-state index contributed by atoms with van der Waals surface area (Å²) in [4.78, 5) is 0. The molecule has 21 heavy (non-hydrogen) atoms. The van der Waals surface area contributed by atoms with Crippen molar-refractivity contribution >= 4 is 43.4 Å². The molecule has 0 atom stereocenters. The van der Waals surface area contributed by atoms with Gasteiger partial charge in [-0.1, -0.05) is 34.5 Å². The van der Waals surface area contributed by atoms with E-state index in [2.05, 4.69) is 32.9 Å². The zero-order valence-electron chi connectivity index (χ0n) is 12.2. The largest absolute Gasteiger partial charge is 0.317 e. The average molecular weight is 399 g/mol. The number of hydrogen-bond acceptors (Lipinski definition) is 3. The van der Waals surface area contributed by atoms with Crippen LogP contribution in [0.25, 0.3) is 0 Å². The van der Waals surface area contributed by atoms with E-state index in [1.165, 1.54) is 4.31 Å². The number of nitrogens with one attached hydrogen (secondary N) is 2. The summed E-state index contributed by atoms with van der Waals surface area (Å²) in [6, 6.07) is 5.01. The van der Waals surface area contributed by atoms with Crippen molar-refractivity contribution in [2.75, 3.05) is 31.4 Å². The van der Waals surface area contributed by atoms with Crippen molar-refractivity contribution in [1.82, 2.24) is 9.62 Å². The highest BCUT2D eigenvalue weighted by atomic mass is 79.9. The van der Waals surface area contributed by atoms with Gasteiger partial charge in [-0.3, -0.25) is 4.72 Å². The van der Waals surface area contributed by atoms with Gasteiger partial charge in [0.25, 0.3) is 0 Å². The molecule has 2 N–H and O–H groups in total. The normalized spacial score (nSPS) is 11.9. The van der Waals surface area contributed by atoms with E-state index in [-0.39, 0.29) is 0 Å². The van der Waals surface area contributed by atoms with Crippen LogP contribution in [0, 0.1) is 0 Å². The standard InChI is InChI=1S/C13H21BrClN3O2S/c1-3-7-16-8-4-9-18(2)21(19,20)17-13-6-5-11(14)10-12(13)15/h5-6,10,16-17H,3-4,7-9H2,1-2H3. The third-order valence-electron chi connectivity index (χ3n) is 2.83. The first kappa shape index (κ1) is 18.7. The molecule has 0 unspecified atom stereocenters. The predicted octanol–water partition coefficient (Wildman–Crippen LogP) is 3.08. The number of nitrogens with zero attached hydrogens (tertiary/aromatic N) is 1. The Morgan fingerprint density at radius 2 is 2.05 bits per heavy atom. The first-order valence-electron chi connectivity index (χ1n) is 6.76. The van der Waals surface area contributed by atoms with E-state index < -0.39 is 10.2 Å². The maximum absolute atomic E-state index is 12.2. The van der Waals surface area contributed by atoms with Crippen LogP contribution < -0.4 is 10.0 Å². The molecule has 0 aliphatic rings. The van der Waals surface area contributed by atoms with Crippen molar-refractivity contribution in [3.63, 3.8) is 0 Å². The van der Waals surface area contributed by atoms with Crippen LogP contribution in [0.1, 0.15) is 19.8 Å². The highest BCUT2D eigenvalue weighted by Crippen LogP contribution is 2.26. The summed E-state index contributed by atoms with van der Waals surface area (Å²) in [7, 11) is -2.04. The van der Waals surface area contributed by atoms with Gasteiger partial charge in [0.05, 0.1) is 10.7 Å². The Balaban J connectivity index is 2.55. The lowest BCUT2D eigenvalue weighted by Crippen LogP contribution is -2.34. The number of benzene rings is 1. The van der Waals surface area contributed by atoms with E-state index >= 15 is 0 Å². The monoisotopic (exact) mass is 397 g/mol. The fourth-order valence-corrected chi connectivity index (χ4v) is 3.40. The van der Waals surface area contributed by atoms with Gasteiger partial charge in [-0.05, 0) is 44.1 Å². The van der Waals surface area contributed by atoms with Gasteiger partial charge in [0.15, 0.2) is 0 Å². The van der Waals surface area contributed by atoms with E-state index in [4.69, 9.17) is 11.6 Å². The Hall–Kier alpha value is -0.340. The highest BCUT2D eigenvalue weighted by molar-refractivity contribution is 9.10. The molecule has 0 aromatic heterocycles. The van der Waals surface area contributed by atoms with E-state index in [0.29, 0.717) is 17.3 Å². The second-order valence-corrected chi connectivity index (χ2v) is 7.76. The van der Waals surface area contributed by atoms with Gasteiger partial charge >= 0.3 is 10.2 Å². The molecule has 8 heteroatoms. The third kappa shape index (κ3) is 6.52. The molecule has 1 aromatic carbocycles. The van der Waals surface area contributed by atoms with Crippen LogP contribution >= 0.6 is 27.5 Å². The van der Waals surface area contributed by atoms with E-state index in [0.717, 1.165) is 30.4 Å². The summed E-state index contributed by atoms with van der Waals surface area (Å²) >= 11 is 9.30. The van der Waals surface area contributed by atoms with Crippen LogP contribution in [0.15, 0.2) is 22.7 Å². The lowest BCUT2D eigenvalue weighted by Gasteiger charge is -2.19. The zero-order chi connectivity index (χ0) is 15.9. The van der Waals surface area contributed by atoms with Crippen LogP contribution in [0.2, 0.25) is 5.02 Å². The lowest BCUT2D eigenvalue weighted by molar-refractivity contribution is 0.458. The van der Waals surface area contributed by atoms with Crippen LogP contribution in [0.4, 0.5) is 5.69 Å². The number of halogens is 2. The molecule has 0 radical (unpaired) electrons. The first-order chi connectivity index (χ1) is 9.86. The Morgan fingerprint density at radius 1 is 1.33 bits per heavy atom. The number of rotatable bonds is 9. The van der Waals surface area contributed by atoms with Crippen molar-refractivity contribution in [2.45, 2.75) is 19.8 Å². The van der Waals surface area contributed by atoms with Crippen molar-refractivity contribution in [1.29, 1.82) is 0 Å². The average Bonchev–Trinajstić information content (AvgIpc) is 2.41. The fourth-order valence-electron chi connectivity index (χ4n) is 1.64. The maximum atomic E-state index is 12.2. The Kier molecular flexibility index (Phi) is 7.97. The minimum atomic E-state index is -3.59. The summed E-state index contributed by atoms with van der Waals surface area (Å²) in [6.45, 7) is 4.28. The molecule has 0 aliphatic heterocycles. The molecule has 0 saturated carbocycles. The second-order valence-electron chi connectivity index (χ2n) is 4.66. The fraction of sp³-hybridized carbons (Fsp3) is 0.538. The van der Waals surface area contributed by atoms with E-state index in [1.807, 2.05) is 0 Å². The number of hydrogen-bond donors (Lipinski definition) is 2. The molecule has 5 nitrogen and oxygen atoms in total. The van der Waals surface area contributed by atoms with Gasteiger partial charge < -0.3 is 5.32 Å². The van der Waals surface area contributed by atoms with Crippen molar-refractivity contribution in [3.8, 4) is 0 Å². The maximum Gasteiger partial charge on any atom is 0.301 e. The molecule has 0 amide bonds. The van der Waals surface area contributed by atoms with Gasteiger partial charge in [0, 0.05) is 18.1 Å². The van der Waals surface area contributed by atoms with Crippen LogP contribution in [0.5, 0.6) is 0 Å². The van der Waals surface area contributed by atoms with Gasteiger partial charge in [-0.25, -0.2) is 0 Å². The molecule has 0 saturated heterocycles. The molecule has 0 fully saturated rings. The minimum absolute atomic E-state index is 0.353. The van der Waals surface area contributed by atoms with Gasteiger partial charge in [0.1, 0.15) is 0 Å². The minimum Gasteiger partial charge on any atom is -0.317 e. The SMILES string of the molecule is CCCNCCCN(C)S(=O)(=O)Nc1ccc(Br)cc1Cl. The summed E-state index contributed by atoms with van der Waals surface area (Å²) in [6.07, 6.45) is 1.82. The molecular formula is C13H21BrClN3O2S. The Morgan fingerprint density at radius 3 is 2.67 bits per heavy atom. The Bertz CT molecular complexity index is 554. The molecular weight excluding hydrogens is 378 g/mol. The van der Waals surface area contributed by atoms with Crippen LogP contribution in [-0.2, 0) is 10.2 Å². The molecule has 0 spiro atoms. The quantitative estimate of drug-likeness (QED) is 0.628. The molecule has 1 rings (SSSR count). The summed E-state index contributed by atoms with van der Waals surface area (Å²) in [5.74, 6) is 0. The number of anilines is 1. The van der Waals surface area contributed by atoms with E-state index in [1.54, 1.807) is 25.2 Å². The first-order valence-corrected chi connectivity index (χ1v) is 9.37. The van der Waals surface area contributed by atoms with Gasteiger partial charge in [-0.15, -0.1) is 0 Å². The highest BCUT2D eigenvalue weighted by Gasteiger charge is 2.18.